The molecule has 0 aliphatic rings. The Hall–Kier alpha value is -1.65. The fourth-order valence-corrected chi connectivity index (χ4v) is 7.64. The van der Waals surface area contributed by atoms with E-state index in [4.69, 9.17) is 0 Å². The summed E-state index contributed by atoms with van der Waals surface area (Å²) < 4.78 is 0. The second-order valence-electron chi connectivity index (χ2n) is 17.2. The van der Waals surface area contributed by atoms with Crippen LogP contribution < -0.4 is 5.32 Å². The zero-order valence-electron chi connectivity index (χ0n) is 38.4. The minimum absolute atomic E-state index is 0.0719. The molecule has 0 spiro atoms. The van der Waals surface area contributed by atoms with Crippen LogP contribution in [0.25, 0.3) is 0 Å². The summed E-state index contributed by atoms with van der Waals surface area (Å²) in [5, 5.41) is 23.0. The monoisotopic (exact) mass is 798 g/mol. The molecule has 2 atom stereocenters. The van der Waals surface area contributed by atoms with E-state index in [0.29, 0.717) is 6.42 Å². The smallest absolute Gasteiger partial charge is 0.220 e. The van der Waals surface area contributed by atoms with Crippen LogP contribution in [0.2, 0.25) is 0 Å². The molecule has 4 heteroatoms. The van der Waals surface area contributed by atoms with Gasteiger partial charge >= 0.3 is 0 Å². The van der Waals surface area contributed by atoms with E-state index in [1.54, 1.807) is 6.08 Å². The van der Waals surface area contributed by atoms with Crippen LogP contribution in [0.5, 0.6) is 0 Å². The van der Waals surface area contributed by atoms with Gasteiger partial charge in [-0.3, -0.25) is 4.79 Å². The lowest BCUT2D eigenvalue weighted by Crippen LogP contribution is -2.45. The number of aliphatic hydroxyl groups excluding tert-OH is 2. The zero-order chi connectivity index (χ0) is 41.4. The average Bonchev–Trinajstić information content (AvgIpc) is 3.22. The van der Waals surface area contributed by atoms with Crippen molar-refractivity contribution >= 4 is 5.91 Å². The first-order valence-corrected chi connectivity index (χ1v) is 25.4. The SMILES string of the molecule is CCCCCCC/C=C\C/C=C\CCCCCCCCCCCCCCCCCCCCCC(=O)NC(CO)C(O)/C=C/CC/C=C/CCCCCCCCCC. The lowest BCUT2D eigenvalue weighted by molar-refractivity contribution is -0.123. The van der Waals surface area contributed by atoms with Crippen molar-refractivity contribution in [3.63, 3.8) is 0 Å². The molecule has 57 heavy (non-hydrogen) atoms. The van der Waals surface area contributed by atoms with Crippen molar-refractivity contribution in [3.05, 3.63) is 48.6 Å². The van der Waals surface area contributed by atoms with E-state index in [2.05, 4.69) is 55.6 Å². The molecule has 0 saturated heterocycles. The summed E-state index contributed by atoms with van der Waals surface area (Å²) in [4.78, 5) is 12.4. The summed E-state index contributed by atoms with van der Waals surface area (Å²) in [5.41, 5.74) is 0. The van der Waals surface area contributed by atoms with E-state index in [1.165, 1.54) is 205 Å². The Kier molecular flexibility index (Phi) is 47.3. The molecule has 0 fully saturated rings. The van der Waals surface area contributed by atoms with Crippen LogP contribution in [0, 0.1) is 0 Å². The highest BCUT2D eigenvalue weighted by Gasteiger charge is 2.17. The number of aliphatic hydroxyl groups is 2. The first-order chi connectivity index (χ1) is 28.2. The van der Waals surface area contributed by atoms with Crippen molar-refractivity contribution in [2.75, 3.05) is 6.61 Å². The molecule has 0 bridgehead atoms. The molecule has 0 heterocycles. The predicted molar refractivity (Wildman–Crippen MR) is 253 cm³/mol. The van der Waals surface area contributed by atoms with Crippen LogP contribution >= 0.6 is 0 Å². The molecule has 0 aromatic heterocycles. The van der Waals surface area contributed by atoms with Crippen LogP contribution in [-0.2, 0) is 4.79 Å². The van der Waals surface area contributed by atoms with Crippen LogP contribution in [0.4, 0.5) is 0 Å². The lowest BCUT2D eigenvalue weighted by Gasteiger charge is -2.19. The molecule has 1 amide bonds. The number of carbonyl (C=O) groups is 1. The molecule has 3 N–H and O–H groups in total. The molecule has 334 valence electrons. The highest BCUT2D eigenvalue weighted by atomic mass is 16.3. The van der Waals surface area contributed by atoms with E-state index < -0.39 is 12.1 Å². The summed E-state index contributed by atoms with van der Waals surface area (Å²) in [7, 11) is 0. The maximum atomic E-state index is 12.4. The number of allylic oxidation sites excluding steroid dienone is 7. The van der Waals surface area contributed by atoms with Crippen molar-refractivity contribution in [2.24, 2.45) is 0 Å². The van der Waals surface area contributed by atoms with Gasteiger partial charge in [-0.1, -0.05) is 242 Å². The maximum absolute atomic E-state index is 12.4. The second kappa shape index (κ2) is 48.7. The van der Waals surface area contributed by atoms with Gasteiger partial charge in [-0.2, -0.15) is 0 Å². The van der Waals surface area contributed by atoms with E-state index in [0.717, 1.165) is 38.5 Å². The van der Waals surface area contributed by atoms with Gasteiger partial charge in [0.25, 0.3) is 0 Å². The lowest BCUT2D eigenvalue weighted by atomic mass is 10.0. The Balaban J connectivity index is 3.48. The molecule has 0 radical (unpaired) electrons. The van der Waals surface area contributed by atoms with Crippen LogP contribution in [0.1, 0.15) is 264 Å². The van der Waals surface area contributed by atoms with Gasteiger partial charge in [0.05, 0.1) is 18.8 Å². The number of hydrogen-bond donors (Lipinski definition) is 3. The Labute approximate surface area is 356 Å². The third-order valence-electron chi connectivity index (χ3n) is 11.5. The highest BCUT2D eigenvalue weighted by Crippen LogP contribution is 2.16. The van der Waals surface area contributed by atoms with Crippen LogP contribution in [0.3, 0.4) is 0 Å². The predicted octanol–water partition coefficient (Wildman–Crippen LogP) is 16.3. The van der Waals surface area contributed by atoms with Crippen LogP contribution in [0.15, 0.2) is 48.6 Å². The minimum Gasteiger partial charge on any atom is -0.394 e. The molecule has 0 aromatic rings. The number of nitrogens with one attached hydrogen (secondary N) is 1. The van der Waals surface area contributed by atoms with Gasteiger partial charge in [0.1, 0.15) is 0 Å². The summed E-state index contributed by atoms with van der Waals surface area (Å²) in [6.07, 6.45) is 66.8. The molecular weight excluding hydrogens is 699 g/mol. The number of rotatable bonds is 46. The van der Waals surface area contributed by atoms with Crippen molar-refractivity contribution in [2.45, 2.75) is 276 Å². The molecule has 0 aliphatic heterocycles. The van der Waals surface area contributed by atoms with Gasteiger partial charge in [-0.25, -0.2) is 0 Å². The number of carbonyl (C=O) groups excluding carboxylic acids is 1. The second-order valence-corrected chi connectivity index (χ2v) is 17.2. The van der Waals surface area contributed by atoms with Crippen molar-refractivity contribution in [3.8, 4) is 0 Å². The van der Waals surface area contributed by atoms with Gasteiger partial charge in [-0.15, -0.1) is 0 Å². The van der Waals surface area contributed by atoms with Crippen molar-refractivity contribution in [1.82, 2.24) is 5.32 Å². The largest absolute Gasteiger partial charge is 0.394 e. The fourth-order valence-electron chi connectivity index (χ4n) is 7.64. The van der Waals surface area contributed by atoms with Gasteiger partial charge in [0.15, 0.2) is 0 Å². The third kappa shape index (κ3) is 45.3. The van der Waals surface area contributed by atoms with Crippen molar-refractivity contribution in [1.29, 1.82) is 0 Å². The molecular formula is C53H99NO3. The molecule has 0 aromatic carbocycles. The number of amides is 1. The first-order valence-electron chi connectivity index (χ1n) is 25.4. The van der Waals surface area contributed by atoms with Gasteiger partial charge in [0.2, 0.25) is 5.91 Å². The zero-order valence-corrected chi connectivity index (χ0v) is 38.4. The van der Waals surface area contributed by atoms with Crippen molar-refractivity contribution < 1.29 is 15.0 Å². The standard InChI is InChI=1S/C53H99NO3/c1-3-5-7-9-11-13-15-17-19-20-21-22-23-24-25-26-27-28-29-30-31-32-33-34-35-37-39-41-43-45-47-49-53(57)54-51(50-55)52(56)48-46-44-42-40-38-36-18-16-14-12-10-8-6-4-2/h15,17,20-21,38,40,46,48,51-52,55-56H,3-14,16,18-19,22-37,39,41-45,47,49-50H2,1-2H3,(H,54,57)/b17-15-,21-20-,40-38+,48-46+. The summed E-state index contributed by atoms with van der Waals surface area (Å²) in [5.74, 6) is -0.0719. The van der Waals surface area contributed by atoms with E-state index in [-0.39, 0.29) is 12.5 Å². The number of unbranched alkanes of at least 4 members (excludes halogenated alkanes) is 33. The molecule has 0 aliphatic carbocycles. The summed E-state index contributed by atoms with van der Waals surface area (Å²) in [6.45, 7) is 4.29. The Morgan fingerprint density at radius 2 is 0.737 bits per heavy atom. The third-order valence-corrected chi connectivity index (χ3v) is 11.5. The first kappa shape index (κ1) is 55.4. The van der Waals surface area contributed by atoms with E-state index >= 15 is 0 Å². The van der Waals surface area contributed by atoms with E-state index in [1.807, 2.05) is 6.08 Å². The van der Waals surface area contributed by atoms with Gasteiger partial charge < -0.3 is 15.5 Å². The molecule has 0 saturated carbocycles. The number of hydrogen-bond acceptors (Lipinski definition) is 3. The Morgan fingerprint density at radius 3 is 1.12 bits per heavy atom. The van der Waals surface area contributed by atoms with E-state index in [9.17, 15) is 15.0 Å². The normalized spacial score (nSPS) is 13.3. The Morgan fingerprint density at radius 1 is 0.421 bits per heavy atom. The summed E-state index contributed by atoms with van der Waals surface area (Å²) >= 11 is 0. The summed E-state index contributed by atoms with van der Waals surface area (Å²) in [6, 6.07) is -0.637. The molecule has 4 nitrogen and oxygen atoms in total. The quantitative estimate of drug-likeness (QED) is 0.0424. The van der Waals surface area contributed by atoms with Gasteiger partial charge in [-0.05, 0) is 64.2 Å². The molecule has 2 unspecified atom stereocenters. The molecule has 0 rings (SSSR count). The average molecular weight is 798 g/mol. The maximum Gasteiger partial charge on any atom is 0.220 e. The highest BCUT2D eigenvalue weighted by molar-refractivity contribution is 5.76. The van der Waals surface area contributed by atoms with Crippen LogP contribution in [-0.4, -0.2) is 34.9 Å². The topological polar surface area (TPSA) is 69.6 Å². The minimum atomic E-state index is -0.860. The fraction of sp³-hybridized carbons (Fsp3) is 0.830. The Bertz CT molecular complexity index is 908. The van der Waals surface area contributed by atoms with Gasteiger partial charge in [0, 0.05) is 6.42 Å².